The van der Waals surface area contributed by atoms with E-state index in [2.05, 4.69) is 182 Å². The Bertz CT molecular complexity index is 2790. The molecule has 0 N–H and O–H groups in total. The van der Waals surface area contributed by atoms with Gasteiger partial charge in [0.25, 0.3) is 0 Å². The molecule has 1 aliphatic carbocycles. The summed E-state index contributed by atoms with van der Waals surface area (Å²) >= 11 is 0. The predicted octanol–water partition coefficient (Wildman–Crippen LogP) is 12.5. The van der Waals surface area contributed by atoms with Gasteiger partial charge in [-0.2, -0.15) is 0 Å². The summed E-state index contributed by atoms with van der Waals surface area (Å²) < 4.78 is 2.41. The molecule has 0 spiro atoms. The van der Waals surface area contributed by atoms with E-state index in [-0.39, 0.29) is 5.41 Å². The molecule has 0 radical (unpaired) electrons. The van der Waals surface area contributed by atoms with Crippen LogP contribution in [0.25, 0.3) is 83.6 Å². The fraction of sp³-hybridized carbons (Fsp3) is 0.0612. The molecule has 0 saturated carbocycles. The van der Waals surface area contributed by atoms with Crippen molar-refractivity contribution < 1.29 is 0 Å². The zero-order valence-corrected chi connectivity index (χ0v) is 29.1. The lowest BCUT2D eigenvalue weighted by Crippen LogP contribution is -2.14. The summed E-state index contributed by atoms with van der Waals surface area (Å²) in [7, 11) is 0. The van der Waals surface area contributed by atoms with Gasteiger partial charge >= 0.3 is 0 Å². The monoisotopic (exact) mass is 665 g/mol. The largest absolute Gasteiger partial charge is 0.309 e. The van der Waals surface area contributed by atoms with Crippen molar-refractivity contribution in [3.63, 3.8) is 0 Å². The van der Waals surface area contributed by atoms with Crippen molar-refractivity contribution in [2.45, 2.75) is 19.3 Å². The smallest absolute Gasteiger partial charge is 0.160 e. The molecular formula is C49H35N3. The molecule has 1 aliphatic rings. The summed E-state index contributed by atoms with van der Waals surface area (Å²) in [4.78, 5) is 10.4. The average molecular weight is 666 g/mol. The summed E-state index contributed by atoms with van der Waals surface area (Å²) in [6.07, 6.45) is 0. The minimum atomic E-state index is -0.0656. The normalized spacial score (nSPS) is 13.0. The van der Waals surface area contributed by atoms with E-state index in [1.54, 1.807) is 0 Å². The molecule has 3 heteroatoms. The first-order chi connectivity index (χ1) is 25.5. The molecule has 10 rings (SSSR count). The first kappa shape index (κ1) is 30.3. The van der Waals surface area contributed by atoms with Crippen molar-refractivity contribution in [3.8, 4) is 61.8 Å². The maximum atomic E-state index is 5.22. The molecule has 3 nitrogen and oxygen atoms in total. The molecular weight excluding hydrogens is 631 g/mol. The van der Waals surface area contributed by atoms with Gasteiger partial charge in [-0.05, 0) is 69.8 Å². The second-order valence-corrected chi connectivity index (χ2v) is 14.3. The number of aromatic nitrogens is 3. The first-order valence-corrected chi connectivity index (χ1v) is 17.9. The Morgan fingerprint density at radius 3 is 1.77 bits per heavy atom. The molecule has 7 aromatic carbocycles. The highest BCUT2D eigenvalue weighted by molar-refractivity contribution is 6.11. The molecule has 0 fully saturated rings. The maximum Gasteiger partial charge on any atom is 0.160 e. The van der Waals surface area contributed by atoms with Gasteiger partial charge in [0.05, 0.1) is 22.4 Å². The number of benzene rings is 7. The summed E-state index contributed by atoms with van der Waals surface area (Å²) in [5.74, 6) is 0.697. The predicted molar refractivity (Wildman–Crippen MR) is 216 cm³/mol. The van der Waals surface area contributed by atoms with Gasteiger partial charge in [0.2, 0.25) is 0 Å². The van der Waals surface area contributed by atoms with Gasteiger partial charge in [0, 0.05) is 38.6 Å². The highest BCUT2D eigenvalue weighted by atomic mass is 15.0. The summed E-state index contributed by atoms with van der Waals surface area (Å²) in [5, 5.41) is 2.52. The van der Waals surface area contributed by atoms with E-state index in [1.807, 2.05) is 12.1 Å². The summed E-state index contributed by atoms with van der Waals surface area (Å²) in [5.41, 5.74) is 16.0. The molecule has 246 valence electrons. The van der Waals surface area contributed by atoms with Crippen LogP contribution >= 0.6 is 0 Å². The summed E-state index contributed by atoms with van der Waals surface area (Å²) in [6.45, 7) is 4.70. The van der Waals surface area contributed by atoms with Crippen LogP contribution in [0.5, 0.6) is 0 Å². The Balaban J connectivity index is 1.14. The number of hydrogen-bond acceptors (Lipinski definition) is 2. The van der Waals surface area contributed by atoms with Crippen molar-refractivity contribution in [2.24, 2.45) is 0 Å². The third kappa shape index (κ3) is 4.81. The zero-order chi connectivity index (χ0) is 34.8. The molecule has 0 unspecified atom stereocenters. The third-order valence-corrected chi connectivity index (χ3v) is 10.8. The van der Waals surface area contributed by atoms with Crippen molar-refractivity contribution in [1.82, 2.24) is 14.5 Å². The van der Waals surface area contributed by atoms with Gasteiger partial charge < -0.3 is 4.57 Å². The van der Waals surface area contributed by atoms with E-state index in [0.717, 1.165) is 33.8 Å². The average Bonchev–Trinajstić information content (AvgIpc) is 3.65. The van der Waals surface area contributed by atoms with Gasteiger partial charge in [-0.1, -0.05) is 153 Å². The van der Waals surface area contributed by atoms with Gasteiger partial charge in [-0.3, -0.25) is 0 Å². The lowest BCUT2D eigenvalue weighted by molar-refractivity contribution is 0.661. The standard InChI is InChI=1S/C49H35N3/c1-49(2)42-22-11-9-20-38(42)40-30-47-41(29-43(40)49)39-21-10-12-23-46(39)52(47)37-19-13-18-36(28-37)48-50-44(34-16-7-4-8-17-34)31-45(51-48)35-26-24-33(25-27-35)32-14-5-3-6-15-32/h3-31H,1-2H3. The van der Waals surface area contributed by atoms with Crippen LogP contribution in [0.3, 0.4) is 0 Å². The molecule has 0 saturated heterocycles. The van der Waals surface area contributed by atoms with E-state index in [0.29, 0.717) is 5.82 Å². The Hall–Kier alpha value is -6.58. The summed E-state index contributed by atoms with van der Waals surface area (Å²) in [6, 6.07) is 62.8. The SMILES string of the molecule is CC1(C)c2ccccc2-c2cc3c(cc21)c1ccccc1n3-c1cccc(-c2nc(-c3ccccc3)cc(-c3ccc(-c4ccccc4)cc3)n2)c1. The van der Waals surface area contributed by atoms with Crippen LogP contribution in [-0.2, 0) is 5.41 Å². The molecule has 52 heavy (non-hydrogen) atoms. The van der Waals surface area contributed by atoms with E-state index in [1.165, 1.54) is 55.2 Å². The minimum absolute atomic E-state index is 0.0656. The van der Waals surface area contributed by atoms with Gasteiger partial charge in [-0.25, -0.2) is 9.97 Å². The lowest BCUT2D eigenvalue weighted by atomic mass is 9.82. The van der Waals surface area contributed by atoms with Crippen molar-refractivity contribution in [3.05, 3.63) is 187 Å². The number of fused-ring (bicyclic) bond motifs is 6. The quantitative estimate of drug-likeness (QED) is 0.183. The molecule has 0 amide bonds. The van der Waals surface area contributed by atoms with Crippen LogP contribution in [0.15, 0.2) is 176 Å². The molecule has 0 aliphatic heterocycles. The fourth-order valence-corrected chi connectivity index (χ4v) is 8.17. The van der Waals surface area contributed by atoms with E-state index in [9.17, 15) is 0 Å². The highest BCUT2D eigenvalue weighted by Crippen LogP contribution is 2.51. The zero-order valence-electron chi connectivity index (χ0n) is 29.1. The lowest BCUT2D eigenvalue weighted by Gasteiger charge is -2.21. The Morgan fingerprint density at radius 2 is 1.00 bits per heavy atom. The van der Waals surface area contributed by atoms with Gasteiger partial charge in [0.15, 0.2) is 5.82 Å². The van der Waals surface area contributed by atoms with Crippen LogP contribution in [-0.4, -0.2) is 14.5 Å². The molecule has 2 aromatic heterocycles. The molecule has 2 heterocycles. The van der Waals surface area contributed by atoms with E-state index >= 15 is 0 Å². The highest BCUT2D eigenvalue weighted by Gasteiger charge is 2.36. The van der Waals surface area contributed by atoms with Crippen LogP contribution in [0.1, 0.15) is 25.0 Å². The van der Waals surface area contributed by atoms with Gasteiger partial charge in [-0.15, -0.1) is 0 Å². The minimum Gasteiger partial charge on any atom is -0.309 e. The van der Waals surface area contributed by atoms with Crippen LogP contribution in [0.2, 0.25) is 0 Å². The Morgan fingerprint density at radius 1 is 0.404 bits per heavy atom. The van der Waals surface area contributed by atoms with Crippen LogP contribution < -0.4 is 0 Å². The van der Waals surface area contributed by atoms with Crippen LogP contribution in [0, 0.1) is 0 Å². The third-order valence-electron chi connectivity index (χ3n) is 10.8. The first-order valence-electron chi connectivity index (χ1n) is 17.9. The van der Waals surface area contributed by atoms with Crippen molar-refractivity contribution >= 4 is 21.8 Å². The van der Waals surface area contributed by atoms with Gasteiger partial charge in [0.1, 0.15) is 0 Å². The van der Waals surface area contributed by atoms with E-state index in [4.69, 9.17) is 9.97 Å². The number of para-hydroxylation sites is 1. The number of nitrogens with zero attached hydrogens (tertiary/aromatic N) is 3. The van der Waals surface area contributed by atoms with Crippen LogP contribution in [0.4, 0.5) is 0 Å². The maximum absolute atomic E-state index is 5.22. The Labute approximate surface area is 303 Å². The van der Waals surface area contributed by atoms with Crippen molar-refractivity contribution in [2.75, 3.05) is 0 Å². The number of hydrogen-bond donors (Lipinski definition) is 0. The Kier molecular flexibility index (Phi) is 6.84. The fourth-order valence-electron chi connectivity index (χ4n) is 8.17. The van der Waals surface area contributed by atoms with Crippen molar-refractivity contribution in [1.29, 1.82) is 0 Å². The molecule has 9 aromatic rings. The number of rotatable bonds is 5. The second-order valence-electron chi connectivity index (χ2n) is 14.3. The molecule has 0 atom stereocenters. The van der Waals surface area contributed by atoms with E-state index < -0.39 is 0 Å². The second kappa shape index (κ2) is 11.8. The topological polar surface area (TPSA) is 30.7 Å². The molecule has 0 bridgehead atoms.